The van der Waals surface area contributed by atoms with E-state index in [1.165, 1.54) is 0 Å². The zero-order valence-corrected chi connectivity index (χ0v) is 12.7. The molecule has 0 unspecified atom stereocenters. The van der Waals surface area contributed by atoms with Gasteiger partial charge in [-0.25, -0.2) is 4.98 Å². The summed E-state index contributed by atoms with van der Waals surface area (Å²) in [6.45, 7) is 4.11. The number of carbonyl (C=O) groups excluding carboxylic acids is 1. The van der Waals surface area contributed by atoms with Crippen molar-refractivity contribution < 1.29 is 9.53 Å². The van der Waals surface area contributed by atoms with Crippen LogP contribution in [-0.4, -0.2) is 34.7 Å². The van der Waals surface area contributed by atoms with Crippen LogP contribution in [0.5, 0.6) is 0 Å². The number of nitrogens with one attached hydrogen (secondary N) is 1. The van der Waals surface area contributed by atoms with Crippen molar-refractivity contribution in [3.05, 3.63) is 29.0 Å². The zero-order valence-electron chi connectivity index (χ0n) is 11.9. The van der Waals surface area contributed by atoms with Gasteiger partial charge in [0.25, 0.3) is 5.91 Å². The molecule has 112 valence electrons. The second-order valence-electron chi connectivity index (χ2n) is 5.17. The number of benzene rings is 1. The van der Waals surface area contributed by atoms with E-state index in [4.69, 9.17) is 16.3 Å². The molecule has 1 N–H and O–H groups in total. The van der Waals surface area contributed by atoms with Crippen LogP contribution >= 0.6 is 11.6 Å². The monoisotopic (exact) mass is 307 g/mol. The minimum Gasteiger partial charge on any atom is -0.376 e. The first-order valence-corrected chi connectivity index (χ1v) is 7.62. The lowest BCUT2D eigenvalue weighted by molar-refractivity contribution is 0.0858. The van der Waals surface area contributed by atoms with Crippen molar-refractivity contribution in [2.45, 2.75) is 32.4 Å². The van der Waals surface area contributed by atoms with E-state index in [0.29, 0.717) is 17.4 Å². The number of hydrogen-bond donors (Lipinski definition) is 1. The maximum absolute atomic E-state index is 12.2. The Morgan fingerprint density at radius 2 is 2.43 bits per heavy atom. The van der Waals surface area contributed by atoms with Crippen molar-refractivity contribution in [1.82, 2.24) is 14.9 Å². The standard InChI is InChI=1S/C15H18ClN3O2/c1-2-19-13-6-5-10(8-12(13)18-15(19)16)14(20)17-9-11-4-3-7-21-11/h5-6,8,11H,2-4,7,9H2,1H3,(H,17,20)/t11-/m1/s1. The number of amides is 1. The van der Waals surface area contributed by atoms with Crippen LogP contribution in [0.15, 0.2) is 18.2 Å². The fourth-order valence-corrected chi connectivity index (χ4v) is 2.96. The van der Waals surface area contributed by atoms with Crippen molar-refractivity contribution >= 4 is 28.5 Å². The molecule has 6 heteroatoms. The van der Waals surface area contributed by atoms with Crippen LogP contribution in [0.25, 0.3) is 11.0 Å². The van der Waals surface area contributed by atoms with E-state index < -0.39 is 0 Å². The largest absolute Gasteiger partial charge is 0.376 e. The van der Waals surface area contributed by atoms with Crippen LogP contribution < -0.4 is 5.32 Å². The summed E-state index contributed by atoms with van der Waals surface area (Å²) in [6, 6.07) is 5.47. The number of imidazole rings is 1. The molecule has 1 atom stereocenters. The lowest BCUT2D eigenvalue weighted by Crippen LogP contribution is -2.31. The molecule has 1 saturated heterocycles. The molecule has 1 fully saturated rings. The number of aryl methyl sites for hydroxylation is 1. The van der Waals surface area contributed by atoms with Crippen molar-refractivity contribution in [1.29, 1.82) is 0 Å². The molecule has 1 aromatic carbocycles. The molecule has 5 nitrogen and oxygen atoms in total. The first kappa shape index (κ1) is 14.4. The van der Waals surface area contributed by atoms with Gasteiger partial charge in [0.15, 0.2) is 0 Å². The van der Waals surface area contributed by atoms with E-state index in [-0.39, 0.29) is 12.0 Å². The lowest BCUT2D eigenvalue weighted by atomic mass is 10.1. The maximum Gasteiger partial charge on any atom is 0.251 e. The van der Waals surface area contributed by atoms with E-state index in [1.54, 1.807) is 12.1 Å². The van der Waals surface area contributed by atoms with Gasteiger partial charge < -0.3 is 14.6 Å². The van der Waals surface area contributed by atoms with Gasteiger partial charge in [-0.1, -0.05) is 0 Å². The van der Waals surface area contributed by atoms with Gasteiger partial charge in [0.2, 0.25) is 5.28 Å². The molecule has 2 heterocycles. The molecule has 0 radical (unpaired) electrons. The summed E-state index contributed by atoms with van der Waals surface area (Å²) in [5.41, 5.74) is 2.28. The highest BCUT2D eigenvalue weighted by molar-refractivity contribution is 6.29. The highest BCUT2D eigenvalue weighted by atomic mass is 35.5. The van der Waals surface area contributed by atoms with Crippen LogP contribution in [0, 0.1) is 0 Å². The van der Waals surface area contributed by atoms with Crippen LogP contribution in [0.1, 0.15) is 30.1 Å². The molecule has 3 rings (SSSR count). The summed E-state index contributed by atoms with van der Waals surface area (Å²) in [6.07, 6.45) is 2.22. The highest BCUT2D eigenvalue weighted by Crippen LogP contribution is 2.21. The van der Waals surface area contributed by atoms with E-state index in [2.05, 4.69) is 10.3 Å². The minimum atomic E-state index is -0.102. The molecule has 0 bridgehead atoms. The third-order valence-corrected chi connectivity index (χ3v) is 4.08. The van der Waals surface area contributed by atoms with Gasteiger partial charge in [0.05, 0.1) is 17.1 Å². The Hall–Kier alpha value is -1.59. The number of hydrogen-bond acceptors (Lipinski definition) is 3. The first-order valence-electron chi connectivity index (χ1n) is 7.24. The topological polar surface area (TPSA) is 56.2 Å². The molecule has 1 amide bonds. The predicted molar refractivity (Wildman–Crippen MR) is 81.7 cm³/mol. The van der Waals surface area contributed by atoms with Crippen molar-refractivity contribution in [3.8, 4) is 0 Å². The summed E-state index contributed by atoms with van der Waals surface area (Å²) in [5.74, 6) is -0.102. The second-order valence-corrected chi connectivity index (χ2v) is 5.51. The van der Waals surface area contributed by atoms with Gasteiger partial charge >= 0.3 is 0 Å². The minimum absolute atomic E-state index is 0.102. The quantitative estimate of drug-likeness (QED) is 0.944. The van der Waals surface area contributed by atoms with Crippen LogP contribution in [-0.2, 0) is 11.3 Å². The van der Waals surface area contributed by atoms with Gasteiger partial charge in [-0.2, -0.15) is 0 Å². The number of carbonyl (C=O) groups is 1. The van der Waals surface area contributed by atoms with Gasteiger partial charge in [-0.15, -0.1) is 0 Å². The normalized spacial score (nSPS) is 18.3. The molecule has 1 aliphatic heterocycles. The van der Waals surface area contributed by atoms with Gasteiger partial charge in [-0.05, 0) is 49.6 Å². The molecular weight excluding hydrogens is 290 g/mol. The molecule has 0 saturated carbocycles. The van der Waals surface area contributed by atoms with E-state index in [9.17, 15) is 4.79 Å². The molecule has 2 aromatic rings. The summed E-state index contributed by atoms with van der Waals surface area (Å²) >= 11 is 6.08. The summed E-state index contributed by atoms with van der Waals surface area (Å²) < 4.78 is 7.40. The third kappa shape index (κ3) is 2.89. The van der Waals surface area contributed by atoms with E-state index in [1.807, 2.05) is 17.6 Å². The smallest absolute Gasteiger partial charge is 0.251 e. The molecule has 21 heavy (non-hydrogen) atoms. The molecular formula is C15H18ClN3O2. The Labute approximate surface area is 128 Å². The van der Waals surface area contributed by atoms with Crippen molar-refractivity contribution in [2.75, 3.05) is 13.2 Å². The SMILES string of the molecule is CCn1c(Cl)nc2cc(C(=O)NC[C@H]3CCCO3)ccc21. The van der Waals surface area contributed by atoms with Gasteiger partial charge in [-0.3, -0.25) is 4.79 Å². The summed E-state index contributed by atoms with van der Waals surface area (Å²) in [5, 5.41) is 3.36. The molecule has 0 aliphatic carbocycles. The Morgan fingerprint density at radius 3 is 3.14 bits per heavy atom. The number of ether oxygens (including phenoxy) is 1. The summed E-state index contributed by atoms with van der Waals surface area (Å²) in [4.78, 5) is 16.5. The van der Waals surface area contributed by atoms with Crippen LogP contribution in [0.3, 0.4) is 0 Å². The Bertz CT molecular complexity index is 662. The highest BCUT2D eigenvalue weighted by Gasteiger charge is 2.17. The Kier molecular flexibility index (Phi) is 4.12. The van der Waals surface area contributed by atoms with Crippen molar-refractivity contribution in [2.24, 2.45) is 0 Å². The fourth-order valence-electron chi connectivity index (χ4n) is 2.66. The maximum atomic E-state index is 12.2. The first-order chi connectivity index (χ1) is 10.2. The Balaban J connectivity index is 1.75. The number of rotatable bonds is 4. The second kappa shape index (κ2) is 6.03. The number of fused-ring (bicyclic) bond motifs is 1. The molecule has 1 aromatic heterocycles. The third-order valence-electron chi connectivity index (χ3n) is 3.79. The van der Waals surface area contributed by atoms with Crippen LogP contribution in [0.4, 0.5) is 0 Å². The van der Waals surface area contributed by atoms with E-state index in [0.717, 1.165) is 37.0 Å². The lowest BCUT2D eigenvalue weighted by Gasteiger charge is -2.10. The van der Waals surface area contributed by atoms with Gasteiger partial charge in [0, 0.05) is 25.3 Å². The number of nitrogens with zero attached hydrogens (tertiary/aromatic N) is 2. The molecule has 1 aliphatic rings. The predicted octanol–water partition coefficient (Wildman–Crippen LogP) is 2.62. The fraction of sp³-hybridized carbons (Fsp3) is 0.467. The summed E-state index contributed by atoms with van der Waals surface area (Å²) in [7, 11) is 0. The number of halogens is 1. The Morgan fingerprint density at radius 1 is 1.57 bits per heavy atom. The zero-order chi connectivity index (χ0) is 14.8. The van der Waals surface area contributed by atoms with Gasteiger partial charge in [0.1, 0.15) is 0 Å². The average Bonchev–Trinajstić information content (AvgIpc) is 3.10. The van der Waals surface area contributed by atoms with Crippen molar-refractivity contribution in [3.63, 3.8) is 0 Å². The average molecular weight is 308 g/mol. The molecule has 0 spiro atoms. The number of aromatic nitrogens is 2. The van der Waals surface area contributed by atoms with Crippen LogP contribution in [0.2, 0.25) is 5.28 Å². The van der Waals surface area contributed by atoms with E-state index >= 15 is 0 Å².